The van der Waals surface area contributed by atoms with Gasteiger partial charge in [-0.3, -0.25) is 0 Å². The summed E-state index contributed by atoms with van der Waals surface area (Å²) in [7, 11) is 0. The molecular formula is C12H9BrN2. The summed E-state index contributed by atoms with van der Waals surface area (Å²) in [6.07, 6.45) is 1.80. The average molecular weight is 261 g/mol. The number of pyridine rings is 1. The lowest BCUT2D eigenvalue weighted by molar-refractivity contribution is 1.34. The van der Waals surface area contributed by atoms with E-state index in [0.717, 1.165) is 21.0 Å². The van der Waals surface area contributed by atoms with Gasteiger partial charge in [-0.25, -0.2) is 4.98 Å². The summed E-state index contributed by atoms with van der Waals surface area (Å²) in [6.45, 7) is 2.09. The third kappa shape index (κ3) is 1.27. The monoisotopic (exact) mass is 260 g/mol. The normalized spacial score (nSPS) is 11.3. The van der Waals surface area contributed by atoms with E-state index in [1.807, 2.05) is 6.07 Å². The number of fused-ring (bicyclic) bond motifs is 3. The van der Waals surface area contributed by atoms with Crippen LogP contribution in [0.4, 0.5) is 0 Å². The van der Waals surface area contributed by atoms with Gasteiger partial charge in [0.15, 0.2) is 0 Å². The summed E-state index contributed by atoms with van der Waals surface area (Å²) in [6, 6.07) is 8.36. The van der Waals surface area contributed by atoms with Crippen molar-refractivity contribution in [1.29, 1.82) is 0 Å². The zero-order valence-corrected chi connectivity index (χ0v) is 9.80. The van der Waals surface area contributed by atoms with Crippen LogP contribution in [0.15, 0.2) is 34.9 Å². The van der Waals surface area contributed by atoms with Gasteiger partial charge in [-0.1, -0.05) is 12.1 Å². The standard InChI is InChI=1S/C12H9BrN2/c1-7-2-3-8-10(6-7)15-12-11(8)9(13)4-5-14-12/h2-6H,1H3,(H,14,15). The number of aromatic nitrogens is 2. The van der Waals surface area contributed by atoms with Crippen LogP contribution < -0.4 is 0 Å². The molecule has 0 aliphatic carbocycles. The van der Waals surface area contributed by atoms with Gasteiger partial charge < -0.3 is 4.98 Å². The Balaban J connectivity index is 2.59. The van der Waals surface area contributed by atoms with Crippen molar-refractivity contribution in [1.82, 2.24) is 9.97 Å². The molecule has 2 aromatic heterocycles. The minimum atomic E-state index is 0.935. The molecule has 1 aromatic carbocycles. The number of nitrogens with zero attached hydrogens (tertiary/aromatic N) is 1. The quantitative estimate of drug-likeness (QED) is 0.655. The lowest BCUT2D eigenvalue weighted by atomic mass is 10.1. The van der Waals surface area contributed by atoms with Crippen molar-refractivity contribution in [2.24, 2.45) is 0 Å². The molecule has 0 radical (unpaired) electrons. The van der Waals surface area contributed by atoms with Gasteiger partial charge in [-0.05, 0) is 40.5 Å². The van der Waals surface area contributed by atoms with Crippen LogP contribution in [0, 0.1) is 6.92 Å². The van der Waals surface area contributed by atoms with Gasteiger partial charge in [0, 0.05) is 27.0 Å². The third-order valence-corrected chi connectivity index (χ3v) is 3.26. The molecule has 0 aliphatic heterocycles. The maximum absolute atomic E-state index is 4.32. The molecule has 2 heterocycles. The van der Waals surface area contributed by atoms with E-state index >= 15 is 0 Å². The number of nitrogens with one attached hydrogen (secondary N) is 1. The van der Waals surface area contributed by atoms with Crippen molar-refractivity contribution in [3.05, 3.63) is 40.5 Å². The first kappa shape index (κ1) is 8.92. The Morgan fingerprint density at radius 1 is 1.27 bits per heavy atom. The number of rotatable bonds is 0. The highest BCUT2D eigenvalue weighted by Gasteiger charge is 2.07. The fraction of sp³-hybridized carbons (Fsp3) is 0.0833. The lowest BCUT2D eigenvalue weighted by Gasteiger charge is -1.94. The first-order valence-electron chi connectivity index (χ1n) is 4.78. The van der Waals surface area contributed by atoms with Crippen molar-refractivity contribution in [3.8, 4) is 0 Å². The number of benzene rings is 1. The number of H-pyrrole nitrogens is 1. The second kappa shape index (κ2) is 3.07. The summed E-state index contributed by atoms with van der Waals surface area (Å²) < 4.78 is 1.09. The highest BCUT2D eigenvalue weighted by Crippen LogP contribution is 2.30. The number of halogens is 1. The van der Waals surface area contributed by atoms with Gasteiger partial charge in [-0.15, -0.1) is 0 Å². The molecule has 0 fully saturated rings. The molecule has 0 spiro atoms. The molecule has 3 heteroatoms. The van der Waals surface area contributed by atoms with E-state index in [4.69, 9.17) is 0 Å². The van der Waals surface area contributed by atoms with Crippen LogP contribution in [0.5, 0.6) is 0 Å². The van der Waals surface area contributed by atoms with Crippen molar-refractivity contribution in [2.45, 2.75) is 6.92 Å². The highest BCUT2D eigenvalue weighted by atomic mass is 79.9. The molecule has 0 bridgehead atoms. The maximum atomic E-state index is 4.32. The van der Waals surface area contributed by atoms with Crippen LogP contribution >= 0.6 is 15.9 Å². The van der Waals surface area contributed by atoms with E-state index < -0.39 is 0 Å². The van der Waals surface area contributed by atoms with Gasteiger partial charge in [0.1, 0.15) is 5.65 Å². The Bertz CT molecular complexity index is 655. The molecule has 0 aliphatic rings. The van der Waals surface area contributed by atoms with Crippen molar-refractivity contribution < 1.29 is 0 Å². The molecule has 1 N–H and O–H groups in total. The Labute approximate surface area is 95.5 Å². The Morgan fingerprint density at radius 3 is 3.00 bits per heavy atom. The van der Waals surface area contributed by atoms with Crippen molar-refractivity contribution in [2.75, 3.05) is 0 Å². The third-order valence-electron chi connectivity index (χ3n) is 2.60. The topological polar surface area (TPSA) is 28.7 Å². The molecule has 0 amide bonds. The molecule has 0 saturated heterocycles. The largest absolute Gasteiger partial charge is 0.339 e. The number of hydrogen-bond donors (Lipinski definition) is 1. The van der Waals surface area contributed by atoms with Gasteiger partial charge in [-0.2, -0.15) is 0 Å². The van der Waals surface area contributed by atoms with Gasteiger partial charge in [0.25, 0.3) is 0 Å². The number of hydrogen-bond acceptors (Lipinski definition) is 1. The molecule has 15 heavy (non-hydrogen) atoms. The summed E-state index contributed by atoms with van der Waals surface area (Å²) in [5.74, 6) is 0. The van der Waals surface area contributed by atoms with Crippen LogP contribution in [0.1, 0.15) is 5.56 Å². The summed E-state index contributed by atoms with van der Waals surface area (Å²) in [4.78, 5) is 7.64. The lowest BCUT2D eigenvalue weighted by Crippen LogP contribution is -1.74. The fourth-order valence-corrected chi connectivity index (χ4v) is 2.42. The minimum absolute atomic E-state index is 0.935. The number of aryl methyl sites for hydroxylation is 1. The maximum Gasteiger partial charge on any atom is 0.139 e. The SMILES string of the molecule is Cc1ccc2c(c1)[nH]c1nccc(Br)c12. The van der Waals surface area contributed by atoms with E-state index in [2.05, 4.69) is 51.0 Å². The molecule has 74 valence electrons. The van der Waals surface area contributed by atoms with Crippen LogP contribution in [-0.2, 0) is 0 Å². The molecule has 0 saturated carbocycles. The smallest absolute Gasteiger partial charge is 0.139 e. The van der Waals surface area contributed by atoms with E-state index in [9.17, 15) is 0 Å². The molecule has 0 unspecified atom stereocenters. The van der Waals surface area contributed by atoms with E-state index in [0.29, 0.717) is 0 Å². The summed E-state index contributed by atoms with van der Waals surface area (Å²) in [5, 5.41) is 2.38. The summed E-state index contributed by atoms with van der Waals surface area (Å²) in [5.41, 5.74) is 3.33. The zero-order chi connectivity index (χ0) is 10.4. The predicted octanol–water partition coefficient (Wildman–Crippen LogP) is 3.79. The fourth-order valence-electron chi connectivity index (χ4n) is 1.90. The highest BCUT2D eigenvalue weighted by molar-refractivity contribution is 9.10. The Morgan fingerprint density at radius 2 is 2.13 bits per heavy atom. The second-order valence-corrected chi connectivity index (χ2v) is 4.54. The molecule has 0 atom stereocenters. The van der Waals surface area contributed by atoms with Gasteiger partial charge in [0.2, 0.25) is 0 Å². The van der Waals surface area contributed by atoms with Gasteiger partial charge >= 0.3 is 0 Å². The Kier molecular flexibility index (Phi) is 1.83. The van der Waals surface area contributed by atoms with E-state index in [1.165, 1.54) is 10.9 Å². The zero-order valence-electron chi connectivity index (χ0n) is 8.21. The molecular weight excluding hydrogens is 252 g/mol. The van der Waals surface area contributed by atoms with E-state index in [1.54, 1.807) is 6.20 Å². The first-order chi connectivity index (χ1) is 7.25. The van der Waals surface area contributed by atoms with Gasteiger partial charge in [0.05, 0.1) is 0 Å². The molecule has 3 aromatic rings. The second-order valence-electron chi connectivity index (χ2n) is 3.69. The predicted molar refractivity (Wildman–Crippen MR) is 66.0 cm³/mol. The summed E-state index contributed by atoms with van der Waals surface area (Å²) >= 11 is 3.56. The minimum Gasteiger partial charge on any atom is -0.339 e. The van der Waals surface area contributed by atoms with E-state index in [-0.39, 0.29) is 0 Å². The van der Waals surface area contributed by atoms with Crippen LogP contribution in [0.25, 0.3) is 21.9 Å². The molecule has 3 rings (SSSR count). The van der Waals surface area contributed by atoms with Crippen LogP contribution in [0.2, 0.25) is 0 Å². The number of aromatic amines is 1. The Hall–Kier alpha value is -1.35. The van der Waals surface area contributed by atoms with Crippen LogP contribution in [-0.4, -0.2) is 9.97 Å². The van der Waals surface area contributed by atoms with Crippen molar-refractivity contribution >= 4 is 37.9 Å². The van der Waals surface area contributed by atoms with Crippen molar-refractivity contribution in [3.63, 3.8) is 0 Å². The van der Waals surface area contributed by atoms with Crippen LogP contribution in [0.3, 0.4) is 0 Å². The average Bonchev–Trinajstić information content (AvgIpc) is 2.56. The molecule has 2 nitrogen and oxygen atoms in total. The first-order valence-corrected chi connectivity index (χ1v) is 5.57.